The number of rotatable bonds is 4. The summed E-state index contributed by atoms with van der Waals surface area (Å²) in [5, 5.41) is 2.78. The topological polar surface area (TPSA) is 52.7 Å². The monoisotopic (exact) mass is 369 g/mol. The molecule has 0 bridgehead atoms. The molecule has 1 heterocycles. The molecule has 0 saturated carbocycles. The van der Waals surface area contributed by atoms with Crippen molar-refractivity contribution in [2.24, 2.45) is 0 Å². The average Bonchev–Trinajstić information content (AvgIpc) is 2.68. The smallest absolute Gasteiger partial charge is 0.254 e. The summed E-state index contributed by atoms with van der Waals surface area (Å²) in [7, 11) is 0. The van der Waals surface area contributed by atoms with Crippen LogP contribution in [0, 0.1) is 5.82 Å². The molecule has 2 aromatic rings. The lowest BCUT2D eigenvalue weighted by atomic mass is 10.1. The van der Waals surface area contributed by atoms with E-state index in [1.807, 2.05) is 17.9 Å². The molecular weight excluding hydrogens is 345 g/mol. The van der Waals surface area contributed by atoms with Crippen LogP contribution in [0.5, 0.6) is 0 Å². The first-order valence-electron chi connectivity index (χ1n) is 9.20. The molecule has 0 aliphatic carbocycles. The fourth-order valence-electron chi connectivity index (χ4n) is 3.33. The van der Waals surface area contributed by atoms with Gasteiger partial charge in [0.05, 0.1) is 5.69 Å². The quantitative estimate of drug-likeness (QED) is 0.897. The average molecular weight is 369 g/mol. The molecule has 0 aromatic heterocycles. The minimum absolute atomic E-state index is 0.0558. The van der Waals surface area contributed by atoms with E-state index in [9.17, 15) is 14.0 Å². The molecular formula is C21H24FN3O2. The second kappa shape index (κ2) is 8.20. The van der Waals surface area contributed by atoms with Crippen LogP contribution in [0.2, 0.25) is 0 Å². The predicted octanol–water partition coefficient (Wildman–Crippen LogP) is 3.53. The highest BCUT2D eigenvalue weighted by Crippen LogP contribution is 2.23. The normalized spacial score (nSPS) is 16.9. The van der Waals surface area contributed by atoms with Crippen molar-refractivity contribution in [2.75, 3.05) is 29.9 Å². The Kier molecular flexibility index (Phi) is 5.74. The Balaban J connectivity index is 1.71. The molecule has 0 spiro atoms. The molecule has 2 amide bonds. The third kappa shape index (κ3) is 4.27. The summed E-state index contributed by atoms with van der Waals surface area (Å²) in [5.41, 5.74) is 1.72. The summed E-state index contributed by atoms with van der Waals surface area (Å²) < 4.78 is 14.0. The Labute approximate surface area is 158 Å². The van der Waals surface area contributed by atoms with Crippen molar-refractivity contribution in [3.8, 4) is 0 Å². The number of nitrogens with zero attached hydrogens (tertiary/aromatic N) is 2. The fourth-order valence-corrected chi connectivity index (χ4v) is 3.33. The van der Waals surface area contributed by atoms with Crippen LogP contribution in [0.3, 0.4) is 0 Å². The highest BCUT2D eigenvalue weighted by molar-refractivity contribution is 5.97. The number of amides is 2. The SMILES string of the molecule is CCC(=O)Nc1cccc(C(=O)N2CCN(c3ccccc3F)C[C@H]2C)c1. The van der Waals surface area contributed by atoms with Gasteiger partial charge in [0.25, 0.3) is 5.91 Å². The van der Waals surface area contributed by atoms with E-state index in [-0.39, 0.29) is 23.7 Å². The number of anilines is 2. The first-order valence-corrected chi connectivity index (χ1v) is 9.20. The van der Waals surface area contributed by atoms with Gasteiger partial charge in [-0.1, -0.05) is 25.1 Å². The number of benzene rings is 2. The van der Waals surface area contributed by atoms with Gasteiger partial charge in [0.15, 0.2) is 0 Å². The van der Waals surface area contributed by atoms with Crippen molar-refractivity contribution in [3.63, 3.8) is 0 Å². The molecule has 3 rings (SSSR count). The number of carbonyl (C=O) groups is 2. The van der Waals surface area contributed by atoms with E-state index in [1.54, 1.807) is 48.2 Å². The number of hydrogen-bond donors (Lipinski definition) is 1. The lowest BCUT2D eigenvalue weighted by Crippen LogP contribution is -2.54. The van der Waals surface area contributed by atoms with Crippen molar-refractivity contribution >= 4 is 23.2 Å². The molecule has 142 valence electrons. The summed E-state index contributed by atoms with van der Waals surface area (Å²) in [6.45, 7) is 5.40. The van der Waals surface area contributed by atoms with Crippen LogP contribution in [-0.2, 0) is 4.79 Å². The maximum Gasteiger partial charge on any atom is 0.254 e. The van der Waals surface area contributed by atoms with E-state index in [2.05, 4.69) is 5.32 Å². The van der Waals surface area contributed by atoms with Crippen molar-refractivity contribution < 1.29 is 14.0 Å². The molecule has 1 atom stereocenters. The number of para-hydroxylation sites is 1. The lowest BCUT2D eigenvalue weighted by Gasteiger charge is -2.41. The van der Waals surface area contributed by atoms with Crippen molar-refractivity contribution in [2.45, 2.75) is 26.3 Å². The Morgan fingerprint density at radius 1 is 1.15 bits per heavy atom. The summed E-state index contributed by atoms with van der Waals surface area (Å²) in [6, 6.07) is 13.6. The minimum Gasteiger partial charge on any atom is -0.365 e. The molecule has 1 fully saturated rings. The maximum absolute atomic E-state index is 14.0. The highest BCUT2D eigenvalue weighted by atomic mass is 19.1. The van der Waals surface area contributed by atoms with Crippen molar-refractivity contribution in [3.05, 3.63) is 59.9 Å². The summed E-state index contributed by atoms with van der Waals surface area (Å²) >= 11 is 0. The third-order valence-corrected chi connectivity index (χ3v) is 4.80. The van der Waals surface area contributed by atoms with Gasteiger partial charge >= 0.3 is 0 Å². The standard InChI is InChI=1S/C21H24FN3O2/c1-3-20(26)23-17-8-6-7-16(13-17)21(27)25-12-11-24(14-15(25)2)19-10-5-4-9-18(19)22/h4-10,13,15H,3,11-12,14H2,1-2H3,(H,23,26)/t15-/m1/s1. The highest BCUT2D eigenvalue weighted by Gasteiger charge is 2.29. The molecule has 1 N–H and O–H groups in total. The van der Waals surface area contributed by atoms with Crippen molar-refractivity contribution in [1.29, 1.82) is 0 Å². The largest absolute Gasteiger partial charge is 0.365 e. The van der Waals surface area contributed by atoms with Crippen LogP contribution in [0.1, 0.15) is 30.6 Å². The first kappa shape index (κ1) is 18.9. The lowest BCUT2D eigenvalue weighted by molar-refractivity contribution is -0.115. The van der Waals surface area contributed by atoms with Crippen LogP contribution in [0.4, 0.5) is 15.8 Å². The molecule has 0 radical (unpaired) electrons. The molecule has 2 aromatic carbocycles. The number of halogens is 1. The zero-order valence-electron chi connectivity index (χ0n) is 15.6. The van der Waals surface area contributed by atoms with Crippen LogP contribution in [0.25, 0.3) is 0 Å². The molecule has 6 heteroatoms. The van der Waals surface area contributed by atoms with Gasteiger partial charge in [0.2, 0.25) is 5.91 Å². The Bertz CT molecular complexity index is 840. The second-order valence-corrected chi connectivity index (χ2v) is 6.73. The molecule has 1 aliphatic heterocycles. The van der Waals surface area contributed by atoms with E-state index in [0.717, 1.165) is 0 Å². The van der Waals surface area contributed by atoms with E-state index in [0.29, 0.717) is 43.0 Å². The van der Waals surface area contributed by atoms with Gasteiger partial charge in [0, 0.05) is 43.3 Å². The maximum atomic E-state index is 14.0. The predicted molar refractivity (Wildman–Crippen MR) is 104 cm³/mol. The van der Waals surface area contributed by atoms with Gasteiger partial charge < -0.3 is 15.1 Å². The summed E-state index contributed by atoms with van der Waals surface area (Å²) in [5.74, 6) is -0.418. The minimum atomic E-state index is -0.246. The van der Waals surface area contributed by atoms with Crippen LogP contribution in [0.15, 0.2) is 48.5 Å². The van der Waals surface area contributed by atoms with E-state index < -0.39 is 0 Å². The zero-order chi connectivity index (χ0) is 19.4. The number of piperazine rings is 1. The zero-order valence-corrected chi connectivity index (χ0v) is 15.6. The van der Waals surface area contributed by atoms with Crippen LogP contribution in [-0.4, -0.2) is 42.4 Å². The summed E-state index contributed by atoms with van der Waals surface area (Å²) in [6.07, 6.45) is 0.382. The van der Waals surface area contributed by atoms with E-state index in [1.165, 1.54) is 6.07 Å². The van der Waals surface area contributed by atoms with E-state index in [4.69, 9.17) is 0 Å². The van der Waals surface area contributed by atoms with Gasteiger partial charge in [-0.05, 0) is 37.3 Å². The molecule has 1 saturated heterocycles. The Morgan fingerprint density at radius 3 is 2.63 bits per heavy atom. The van der Waals surface area contributed by atoms with Gasteiger partial charge in [-0.2, -0.15) is 0 Å². The first-order chi connectivity index (χ1) is 13.0. The van der Waals surface area contributed by atoms with Gasteiger partial charge in [-0.15, -0.1) is 0 Å². The number of nitrogens with one attached hydrogen (secondary N) is 1. The summed E-state index contributed by atoms with van der Waals surface area (Å²) in [4.78, 5) is 28.3. The van der Waals surface area contributed by atoms with Gasteiger partial charge in [0.1, 0.15) is 5.82 Å². The van der Waals surface area contributed by atoms with E-state index >= 15 is 0 Å². The van der Waals surface area contributed by atoms with Crippen molar-refractivity contribution in [1.82, 2.24) is 4.90 Å². The van der Waals surface area contributed by atoms with Gasteiger partial charge in [-0.25, -0.2) is 4.39 Å². The number of hydrogen-bond acceptors (Lipinski definition) is 3. The second-order valence-electron chi connectivity index (χ2n) is 6.73. The van der Waals surface area contributed by atoms with Crippen LogP contribution < -0.4 is 10.2 Å². The molecule has 5 nitrogen and oxygen atoms in total. The third-order valence-electron chi connectivity index (χ3n) is 4.80. The Hall–Kier alpha value is -2.89. The van der Waals surface area contributed by atoms with Gasteiger partial charge in [-0.3, -0.25) is 9.59 Å². The molecule has 1 aliphatic rings. The fraction of sp³-hybridized carbons (Fsp3) is 0.333. The number of carbonyl (C=O) groups excluding carboxylic acids is 2. The Morgan fingerprint density at radius 2 is 1.93 bits per heavy atom. The molecule has 0 unspecified atom stereocenters. The van der Waals surface area contributed by atoms with Crippen LogP contribution >= 0.6 is 0 Å². The molecule has 27 heavy (non-hydrogen) atoms.